The van der Waals surface area contributed by atoms with Crippen molar-refractivity contribution in [1.29, 1.82) is 0 Å². The number of ether oxygens (including phenoxy) is 1. The first-order chi connectivity index (χ1) is 8.04. The van der Waals surface area contributed by atoms with E-state index >= 15 is 0 Å². The number of hydrogen-bond acceptors (Lipinski definition) is 3. The van der Waals surface area contributed by atoms with Crippen molar-refractivity contribution in [3.8, 4) is 5.75 Å². The normalized spacial score (nSPS) is 19.6. The quantitative estimate of drug-likeness (QED) is 0.754. The van der Waals surface area contributed by atoms with Crippen molar-refractivity contribution in [3.63, 3.8) is 0 Å². The average molecular weight is 234 g/mol. The second kappa shape index (κ2) is 4.28. The lowest BCUT2D eigenvalue weighted by Gasteiger charge is -2.19. The monoisotopic (exact) mass is 234 g/mol. The van der Waals surface area contributed by atoms with Gasteiger partial charge in [-0.25, -0.2) is 0 Å². The summed E-state index contributed by atoms with van der Waals surface area (Å²) in [6, 6.07) is 3.71. The van der Waals surface area contributed by atoms with Crippen LogP contribution in [0, 0.1) is 5.92 Å². The minimum absolute atomic E-state index is 0.0661. The number of benzene rings is 1. The Morgan fingerprint density at radius 1 is 1.53 bits per heavy atom. The van der Waals surface area contributed by atoms with Gasteiger partial charge >= 0.3 is 0 Å². The van der Waals surface area contributed by atoms with Crippen LogP contribution in [0.4, 0.5) is 11.4 Å². The molecule has 0 fully saturated rings. The molecule has 1 aromatic rings. The van der Waals surface area contributed by atoms with E-state index in [-0.39, 0.29) is 11.8 Å². The van der Waals surface area contributed by atoms with Crippen molar-refractivity contribution in [2.75, 3.05) is 24.3 Å². The summed E-state index contributed by atoms with van der Waals surface area (Å²) in [5.74, 6) is 0.733. The van der Waals surface area contributed by atoms with Crippen molar-refractivity contribution in [1.82, 2.24) is 0 Å². The number of aryl methyl sites for hydroxylation is 1. The largest absolute Gasteiger partial charge is 0.490 e. The van der Waals surface area contributed by atoms with Crippen LogP contribution in [0.1, 0.15) is 19.4 Å². The molecule has 1 aliphatic heterocycles. The highest BCUT2D eigenvalue weighted by atomic mass is 16.5. The Morgan fingerprint density at radius 3 is 2.88 bits per heavy atom. The zero-order chi connectivity index (χ0) is 12.6. The van der Waals surface area contributed by atoms with Crippen LogP contribution >= 0.6 is 0 Å². The number of nitrogens with zero attached hydrogens (tertiary/aromatic N) is 1. The third-order valence-electron chi connectivity index (χ3n) is 3.14. The van der Waals surface area contributed by atoms with Crippen LogP contribution < -0.4 is 15.4 Å². The molecule has 1 aromatic carbocycles. The van der Waals surface area contributed by atoms with Gasteiger partial charge in [0.05, 0.1) is 18.2 Å². The molecule has 0 saturated heterocycles. The zero-order valence-electron chi connectivity index (χ0n) is 10.5. The van der Waals surface area contributed by atoms with Gasteiger partial charge in [0.15, 0.2) is 0 Å². The molecule has 92 valence electrons. The van der Waals surface area contributed by atoms with E-state index in [9.17, 15) is 4.79 Å². The SMILES string of the molecule is CCc1cc(N)cc2c1OCC(C)C(=O)N2C. The Morgan fingerprint density at radius 2 is 2.24 bits per heavy atom. The molecule has 1 aliphatic rings. The summed E-state index contributed by atoms with van der Waals surface area (Å²) < 4.78 is 5.76. The fraction of sp³-hybridized carbons (Fsp3) is 0.462. The van der Waals surface area contributed by atoms with E-state index in [1.165, 1.54) is 0 Å². The van der Waals surface area contributed by atoms with E-state index in [0.717, 1.165) is 23.4 Å². The van der Waals surface area contributed by atoms with Crippen molar-refractivity contribution < 1.29 is 9.53 Å². The molecule has 17 heavy (non-hydrogen) atoms. The fourth-order valence-electron chi connectivity index (χ4n) is 2.10. The molecule has 2 rings (SSSR count). The maximum absolute atomic E-state index is 12.0. The second-order valence-corrected chi connectivity index (χ2v) is 4.49. The highest BCUT2D eigenvalue weighted by molar-refractivity contribution is 5.97. The van der Waals surface area contributed by atoms with E-state index in [0.29, 0.717) is 12.3 Å². The first kappa shape index (κ1) is 11.8. The lowest BCUT2D eigenvalue weighted by atomic mass is 10.1. The third-order valence-corrected chi connectivity index (χ3v) is 3.14. The van der Waals surface area contributed by atoms with E-state index < -0.39 is 0 Å². The summed E-state index contributed by atoms with van der Waals surface area (Å²) in [6.07, 6.45) is 0.837. The Labute approximate surface area is 101 Å². The van der Waals surface area contributed by atoms with Crippen molar-refractivity contribution in [2.24, 2.45) is 5.92 Å². The predicted molar refractivity (Wildman–Crippen MR) is 68.3 cm³/mol. The Kier molecular flexibility index (Phi) is 2.96. The smallest absolute Gasteiger partial charge is 0.233 e. The first-order valence-corrected chi connectivity index (χ1v) is 5.87. The van der Waals surface area contributed by atoms with Crippen molar-refractivity contribution in [2.45, 2.75) is 20.3 Å². The summed E-state index contributed by atoms with van der Waals surface area (Å²) in [6.45, 7) is 4.35. The molecule has 1 atom stereocenters. The Balaban J connectivity index is 2.57. The van der Waals surface area contributed by atoms with E-state index in [4.69, 9.17) is 10.5 Å². The van der Waals surface area contributed by atoms with Gasteiger partial charge in [-0.1, -0.05) is 13.8 Å². The minimum atomic E-state index is -0.127. The molecule has 1 heterocycles. The van der Waals surface area contributed by atoms with Crippen LogP contribution in [0.2, 0.25) is 0 Å². The molecule has 0 spiro atoms. The Hall–Kier alpha value is -1.71. The topological polar surface area (TPSA) is 55.6 Å². The van der Waals surface area contributed by atoms with Crippen molar-refractivity contribution >= 4 is 17.3 Å². The number of fused-ring (bicyclic) bond motifs is 1. The van der Waals surface area contributed by atoms with Crippen LogP contribution in [0.3, 0.4) is 0 Å². The van der Waals surface area contributed by atoms with Gasteiger partial charge in [-0.2, -0.15) is 0 Å². The summed E-state index contributed by atoms with van der Waals surface area (Å²) in [7, 11) is 1.77. The first-order valence-electron chi connectivity index (χ1n) is 5.87. The minimum Gasteiger partial charge on any atom is -0.490 e. The molecule has 4 heteroatoms. The molecule has 0 saturated carbocycles. The fourth-order valence-corrected chi connectivity index (χ4v) is 2.10. The summed E-state index contributed by atoms with van der Waals surface area (Å²) in [5.41, 5.74) is 8.35. The van der Waals surface area contributed by atoms with E-state index in [2.05, 4.69) is 6.92 Å². The predicted octanol–water partition coefficient (Wildman–Crippen LogP) is 1.82. The highest BCUT2D eigenvalue weighted by Gasteiger charge is 2.27. The summed E-state index contributed by atoms with van der Waals surface area (Å²) in [5, 5.41) is 0. The van der Waals surface area contributed by atoms with Gasteiger partial charge < -0.3 is 15.4 Å². The average Bonchev–Trinajstić information content (AvgIpc) is 2.42. The van der Waals surface area contributed by atoms with Crippen LogP contribution in [-0.4, -0.2) is 19.6 Å². The number of carbonyl (C=O) groups is 1. The lowest BCUT2D eigenvalue weighted by Crippen LogP contribution is -2.31. The van der Waals surface area contributed by atoms with Gasteiger partial charge in [0, 0.05) is 12.7 Å². The number of nitrogens with two attached hydrogens (primary N) is 1. The highest BCUT2D eigenvalue weighted by Crippen LogP contribution is 2.37. The van der Waals surface area contributed by atoms with Gasteiger partial charge in [-0.15, -0.1) is 0 Å². The maximum Gasteiger partial charge on any atom is 0.233 e. The number of amides is 1. The van der Waals surface area contributed by atoms with Gasteiger partial charge in [0.2, 0.25) is 5.91 Å². The lowest BCUT2D eigenvalue weighted by molar-refractivity contribution is -0.122. The summed E-state index contributed by atoms with van der Waals surface area (Å²) >= 11 is 0. The van der Waals surface area contributed by atoms with Crippen LogP contribution in [-0.2, 0) is 11.2 Å². The number of carbonyl (C=O) groups excluding carboxylic acids is 1. The van der Waals surface area contributed by atoms with Crippen LogP contribution in [0.5, 0.6) is 5.75 Å². The van der Waals surface area contributed by atoms with E-state index in [1.807, 2.05) is 13.0 Å². The van der Waals surface area contributed by atoms with Gasteiger partial charge in [0.25, 0.3) is 0 Å². The molecule has 0 aromatic heterocycles. The number of anilines is 2. The maximum atomic E-state index is 12.0. The molecule has 2 N–H and O–H groups in total. The van der Waals surface area contributed by atoms with Gasteiger partial charge in [0.1, 0.15) is 5.75 Å². The Bertz CT molecular complexity index is 457. The number of hydrogen-bond donors (Lipinski definition) is 1. The molecule has 0 aliphatic carbocycles. The number of nitrogen functional groups attached to an aromatic ring is 1. The van der Waals surface area contributed by atoms with E-state index in [1.54, 1.807) is 18.0 Å². The molecule has 1 unspecified atom stereocenters. The third kappa shape index (κ3) is 1.95. The molecular formula is C13H18N2O2. The number of rotatable bonds is 1. The zero-order valence-corrected chi connectivity index (χ0v) is 10.5. The molecule has 0 radical (unpaired) electrons. The second-order valence-electron chi connectivity index (χ2n) is 4.49. The molecule has 4 nitrogen and oxygen atoms in total. The van der Waals surface area contributed by atoms with Gasteiger partial charge in [-0.05, 0) is 24.1 Å². The van der Waals surface area contributed by atoms with Crippen LogP contribution in [0.25, 0.3) is 0 Å². The van der Waals surface area contributed by atoms with Crippen molar-refractivity contribution in [3.05, 3.63) is 17.7 Å². The molecule has 0 bridgehead atoms. The molecule has 1 amide bonds. The van der Waals surface area contributed by atoms with Crippen LogP contribution in [0.15, 0.2) is 12.1 Å². The van der Waals surface area contributed by atoms with Gasteiger partial charge in [-0.3, -0.25) is 4.79 Å². The standard InChI is InChI=1S/C13H18N2O2/c1-4-9-5-10(14)6-11-12(9)17-7-8(2)13(16)15(11)3/h5-6,8H,4,7,14H2,1-3H3. The summed E-state index contributed by atoms with van der Waals surface area (Å²) in [4.78, 5) is 13.7. The molecular weight excluding hydrogens is 216 g/mol.